The van der Waals surface area contributed by atoms with E-state index >= 15 is 0 Å². The molecule has 0 saturated carbocycles. The molecule has 7 heteroatoms. The molecule has 2 unspecified atom stereocenters. The number of hydrazone groups is 1. The number of amidine groups is 1. The number of pyridine rings is 1. The van der Waals surface area contributed by atoms with Crippen molar-refractivity contribution in [2.45, 2.75) is 44.6 Å². The Hall–Kier alpha value is -2.67. The van der Waals surface area contributed by atoms with Crippen LogP contribution in [0.5, 0.6) is 0 Å². The molecule has 28 heavy (non-hydrogen) atoms. The van der Waals surface area contributed by atoms with Crippen LogP contribution in [0, 0.1) is 6.92 Å². The van der Waals surface area contributed by atoms with Gasteiger partial charge in [-0.05, 0) is 55.4 Å². The van der Waals surface area contributed by atoms with E-state index in [1.807, 2.05) is 13.2 Å². The second kappa shape index (κ2) is 6.74. The predicted octanol–water partition coefficient (Wildman–Crippen LogP) is 1.98. The molecule has 3 aliphatic rings. The van der Waals surface area contributed by atoms with Crippen LogP contribution >= 0.6 is 0 Å². The molecule has 0 fully saturated rings. The SMILES string of the molecule is Cc1[nH]ncc1-c1nc2c(c3c1CCCC3)C1C(N(C)CCO)=NNC1C=C2. The highest BCUT2D eigenvalue weighted by Crippen LogP contribution is 2.42. The van der Waals surface area contributed by atoms with Gasteiger partial charge >= 0.3 is 0 Å². The van der Waals surface area contributed by atoms with Gasteiger partial charge in [0, 0.05) is 24.8 Å². The number of nitrogens with one attached hydrogen (secondary N) is 2. The highest BCUT2D eigenvalue weighted by atomic mass is 16.3. The van der Waals surface area contributed by atoms with Gasteiger partial charge in [0.05, 0.1) is 36.2 Å². The van der Waals surface area contributed by atoms with Gasteiger partial charge in [0.25, 0.3) is 0 Å². The van der Waals surface area contributed by atoms with Crippen LogP contribution in [-0.4, -0.2) is 57.3 Å². The number of likely N-dealkylation sites (N-methyl/N-ethyl adjacent to an activating group) is 1. The summed E-state index contributed by atoms with van der Waals surface area (Å²) < 4.78 is 0. The largest absolute Gasteiger partial charge is 0.395 e. The third-order valence-electron chi connectivity index (χ3n) is 6.24. The van der Waals surface area contributed by atoms with Crippen molar-refractivity contribution in [3.63, 3.8) is 0 Å². The summed E-state index contributed by atoms with van der Waals surface area (Å²) in [7, 11) is 2.00. The normalized spacial score (nSPS) is 22.2. The van der Waals surface area contributed by atoms with Crippen molar-refractivity contribution in [1.82, 2.24) is 25.5 Å². The molecular weight excluding hydrogens is 352 g/mol. The standard InChI is InChI=1S/C21H26N6O/c1-12-15(11-22-24-12)20-14-6-4-3-5-13(14)18-16(23-20)7-8-17-19(18)21(26-25-17)27(2)9-10-28/h7-8,11,17,19,25,28H,3-6,9-10H2,1-2H3,(H,22,24). The van der Waals surface area contributed by atoms with Crippen LogP contribution in [0.25, 0.3) is 17.3 Å². The number of hydrogen-bond acceptors (Lipinski definition) is 6. The maximum absolute atomic E-state index is 9.40. The minimum absolute atomic E-state index is 0.116. The second-order valence-electron chi connectivity index (χ2n) is 7.94. The lowest BCUT2D eigenvalue weighted by Gasteiger charge is -2.33. The summed E-state index contributed by atoms with van der Waals surface area (Å²) in [5, 5.41) is 21.3. The summed E-state index contributed by atoms with van der Waals surface area (Å²) in [6.07, 6.45) is 10.8. The number of hydrogen-bond donors (Lipinski definition) is 3. The van der Waals surface area contributed by atoms with Crippen LogP contribution in [0.2, 0.25) is 0 Å². The maximum Gasteiger partial charge on any atom is 0.134 e. The van der Waals surface area contributed by atoms with E-state index in [1.54, 1.807) is 0 Å². The van der Waals surface area contributed by atoms with E-state index in [0.717, 1.165) is 41.3 Å². The van der Waals surface area contributed by atoms with Crippen molar-refractivity contribution in [3.8, 4) is 11.3 Å². The number of aromatic amines is 1. The fourth-order valence-corrected chi connectivity index (χ4v) is 4.84. The zero-order chi connectivity index (χ0) is 19.3. The molecular formula is C21H26N6O. The van der Waals surface area contributed by atoms with Crippen molar-refractivity contribution < 1.29 is 5.11 Å². The quantitative estimate of drug-likeness (QED) is 0.760. The average Bonchev–Trinajstić information content (AvgIpc) is 3.33. The average molecular weight is 378 g/mol. The van der Waals surface area contributed by atoms with E-state index in [-0.39, 0.29) is 18.6 Å². The number of rotatable bonds is 3. The summed E-state index contributed by atoms with van der Waals surface area (Å²) in [5.74, 6) is 1.14. The van der Waals surface area contributed by atoms with E-state index in [0.29, 0.717) is 6.54 Å². The fraction of sp³-hybridized carbons (Fsp3) is 0.476. The zero-order valence-electron chi connectivity index (χ0n) is 16.4. The van der Waals surface area contributed by atoms with Gasteiger partial charge in [0.1, 0.15) is 5.84 Å². The monoisotopic (exact) mass is 378 g/mol. The van der Waals surface area contributed by atoms with Crippen molar-refractivity contribution in [2.24, 2.45) is 5.10 Å². The van der Waals surface area contributed by atoms with E-state index in [2.05, 4.69) is 44.7 Å². The van der Waals surface area contributed by atoms with Crippen molar-refractivity contribution >= 4 is 11.9 Å². The van der Waals surface area contributed by atoms with Gasteiger partial charge in [0.15, 0.2) is 0 Å². The highest BCUT2D eigenvalue weighted by molar-refractivity contribution is 5.94. The fourth-order valence-electron chi connectivity index (χ4n) is 4.84. The molecule has 2 atom stereocenters. The zero-order valence-corrected chi connectivity index (χ0v) is 16.4. The van der Waals surface area contributed by atoms with Gasteiger partial charge in [-0.25, -0.2) is 4.98 Å². The van der Waals surface area contributed by atoms with Crippen LogP contribution in [0.15, 0.2) is 17.4 Å². The van der Waals surface area contributed by atoms with Crippen LogP contribution in [0.1, 0.15) is 46.8 Å². The summed E-state index contributed by atoms with van der Waals surface area (Å²) in [5.41, 5.74) is 11.7. The van der Waals surface area contributed by atoms with E-state index < -0.39 is 0 Å². The smallest absolute Gasteiger partial charge is 0.134 e. The Labute approximate surface area is 164 Å². The molecule has 2 aromatic rings. The molecule has 3 N–H and O–H groups in total. The number of H-pyrrole nitrogens is 1. The Morgan fingerprint density at radius 1 is 1.25 bits per heavy atom. The van der Waals surface area contributed by atoms with Gasteiger partial charge in [-0.3, -0.25) is 5.10 Å². The second-order valence-corrected chi connectivity index (χ2v) is 7.94. The molecule has 3 heterocycles. The lowest BCUT2D eigenvalue weighted by molar-refractivity contribution is 0.262. The molecule has 1 aliphatic heterocycles. The predicted molar refractivity (Wildman–Crippen MR) is 109 cm³/mol. The topological polar surface area (TPSA) is 89.4 Å². The third-order valence-corrected chi connectivity index (χ3v) is 6.24. The van der Waals surface area contributed by atoms with Crippen LogP contribution in [0.4, 0.5) is 0 Å². The van der Waals surface area contributed by atoms with Gasteiger partial charge in [0.2, 0.25) is 0 Å². The van der Waals surface area contributed by atoms with Gasteiger partial charge in [-0.15, -0.1) is 0 Å². The summed E-state index contributed by atoms with van der Waals surface area (Å²) in [4.78, 5) is 7.19. The van der Waals surface area contributed by atoms with Crippen LogP contribution in [-0.2, 0) is 12.8 Å². The van der Waals surface area contributed by atoms with Crippen molar-refractivity contribution in [1.29, 1.82) is 0 Å². The third kappa shape index (κ3) is 2.57. The maximum atomic E-state index is 9.40. The molecule has 0 amide bonds. The van der Waals surface area contributed by atoms with Crippen LogP contribution in [0.3, 0.4) is 0 Å². The molecule has 0 aromatic carbocycles. The Kier molecular flexibility index (Phi) is 4.19. The first kappa shape index (κ1) is 17.4. The number of aryl methyl sites for hydroxylation is 1. The summed E-state index contributed by atoms with van der Waals surface area (Å²) in [6.45, 7) is 2.75. The van der Waals surface area contributed by atoms with E-state index in [1.165, 1.54) is 29.5 Å². The first-order chi connectivity index (χ1) is 13.7. The van der Waals surface area contributed by atoms with E-state index in [4.69, 9.17) is 4.98 Å². The Morgan fingerprint density at radius 3 is 2.82 bits per heavy atom. The first-order valence-corrected chi connectivity index (χ1v) is 10.1. The minimum atomic E-state index is 0.116. The minimum Gasteiger partial charge on any atom is -0.395 e. The first-order valence-electron chi connectivity index (χ1n) is 10.1. The van der Waals surface area contributed by atoms with Gasteiger partial charge in [-0.1, -0.05) is 6.08 Å². The number of aliphatic hydroxyl groups is 1. The van der Waals surface area contributed by atoms with E-state index in [9.17, 15) is 5.11 Å². The lowest BCUT2D eigenvalue weighted by Crippen LogP contribution is -2.38. The van der Waals surface area contributed by atoms with Gasteiger partial charge < -0.3 is 15.4 Å². The molecule has 5 rings (SSSR count). The Bertz CT molecular complexity index is 976. The Morgan fingerprint density at radius 2 is 2.07 bits per heavy atom. The molecule has 0 spiro atoms. The number of aliphatic hydroxyl groups excluding tert-OH is 1. The summed E-state index contributed by atoms with van der Waals surface area (Å²) in [6, 6.07) is 0.151. The molecule has 0 saturated heterocycles. The number of fused-ring (bicyclic) bond motifs is 5. The number of nitrogens with zero attached hydrogens (tertiary/aromatic N) is 4. The molecule has 0 bridgehead atoms. The molecule has 146 valence electrons. The summed E-state index contributed by atoms with van der Waals surface area (Å²) >= 11 is 0. The lowest BCUT2D eigenvalue weighted by atomic mass is 9.76. The Balaban J connectivity index is 1.69. The molecule has 2 aromatic heterocycles. The van der Waals surface area contributed by atoms with Gasteiger partial charge in [-0.2, -0.15) is 10.2 Å². The van der Waals surface area contributed by atoms with Crippen molar-refractivity contribution in [3.05, 3.63) is 40.4 Å². The molecule has 7 nitrogen and oxygen atoms in total. The molecule has 0 radical (unpaired) electrons. The number of aromatic nitrogens is 3. The van der Waals surface area contributed by atoms with Crippen molar-refractivity contribution in [2.75, 3.05) is 20.2 Å². The van der Waals surface area contributed by atoms with Crippen LogP contribution < -0.4 is 5.43 Å². The highest BCUT2D eigenvalue weighted by Gasteiger charge is 2.40. The molecule has 2 aliphatic carbocycles.